The van der Waals surface area contributed by atoms with Crippen molar-refractivity contribution in [1.82, 2.24) is 9.78 Å². The highest BCUT2D eigenvalue weighted by molar-refractivity contribution is 5.99. The van der Waals surface area contributed by atoms with Gasteiger partial charge in [-0.1, -0.05) is 18.2 Å². The molecule has 1 aromatic carbocycles. The van der Waals surface area contributed by atoms with Crippen LogP contribution in [0.25, 0.3) is 5.69 Å². The molecule has 0 spiro atoms. The number of rotatable bonds is 2. The molecule has 0 unspecified atom stereocenters. The van der Waals surface area contributed by atoms with E-state index in [-0.39, 0.29) is 11.1 Å². The lowest BCUT2D eigenvalue weighted by atomic mass is 10.1. The summed E-state index contributed by atoms with van der Waals surface area (Å²) in [5, 5.41) is 3.12. The van der Waals surface area contributed by atoms with Gasteiger partial charge in [-0.2, -0.15) is 0 Å². The third kappa shape index (κ3) is 2.90. The highest BCUT2D eigenvalue weighted by atomic mass is 16.1. The molecule has 0 aliphatic rings. The van der Waals surface area contributed by atoms with Crippen LogP contribution in [0.5, 0.6) is 0 Å². The molecule has 20 heavy (non-hydrogen) atoms. The zero-order valence-electron chi connectivity index (χ0n) is 12.7. The van der Waals surface area contributed by atoms with Gasteiger partial charge in [0.05, 0.1) is 16.8 Å². The third-order valence-electron chi connectivity index (χ3n) is 2.95. The minimum absolute atomic E-state index is 0.0563. The molecule has 0 amide bonds. The monoisotopic (exact) mass is 271 g/mol. The molecule has 1 N–H and O–H groups in total. The lowest BCUT2D eigenvalue weighted by Gasteiger charge is -2.13. The fourth-order valence-corrected chi connectivity index (χ4v) is 2.29. The Kier molecular flexibility index (Phi) is 3.66. The summed E-state index contributed by atoms with van der Waals surface area (Å²) < 4.78 is 1.56. The van der Waals surface area contributed by atoms with Crippen molar-refractivity contribution in [3.8, 4) is 5.69 Å². The first-order chi connectivity index (χ1) is 9.29. The minimum Gasteiger partial charge on any atom is -0.295 e. The number of nitrogens with one attached hydrogen (secondary N) is 1. The molecule has 1 aromatic heterocycles. The van der Waals surface area contributed by atoms with Crippen LogP contribution in [0.4, 0.5) is 0 Å². The number of H-pyrrole nitrogens is 1. The lowest BCUT2D eigenvalue weighted by molar-refractivity contribution is 0.583. The molecular formula is C16H21N3O. The van der Waals surface area contributed by atoms with Crippen molar-refractivity contribution in [2.75, 3.05) is 0 Å². The molecule has 106 valence electrons. The molecule has 4 nitrogen and oxygen atoms in total. The maximum Gasteiger partial charge on any atom is 0.280 e. The van der Waals surface area contributed by atoms with E-state index in [2.05, 4.69) is 10.1 Å². The standard InChI is InChI=1S/C16H21N3O/c1-11(17-16(3,4)5)14-12(2)18-19(15(14)20)13-9-7-6-8-10-13/h6-10,18H,1-5H3. The van der Waals surface area contributed by atoms with E-state index in [1.807, 2.05) is 65.0 Å². The Bertz CT molecular complexity index is 685. The number of benzene rings is 1. The largest absolute Gasteiger partial charge is 0.295 e. The van der Waals surface area contributed by atoms with Crippen molar-refractivity contribution < 1.29 is 0 Å². The molecule has 0 fully saturated rings. The number of para-hydroxylation sites is 1. The second kappa shape index (κ2) is 5.12. The van der Waals surface area contributed by atoms with Gasteiger partial charge < -0.3 is 0 Å². The fraction of sp³-hybridized carbons (Fsp3) is 0.375. The highest BCUT2D eigenvalue weighted by Gasteiger charge is 2.17. The van der Waals surface area contributed by atoms with E-state index >= 15 is 0 Å². The van der Waals surface area contributed by atoms with Crippen LogP contribution in [0.3, 0.4) is 0 Å². The van der Waals surface area contributed by atoms with Crippen LogP contribution in [-0.2, 0) is 0 Å². The van der Waals surface area contributed by atoms with E-state index in [0.29, 0.717) is 5.56 Å². The topological polar surface area (TPSA) is 50.1 Å². The van der Waals surface area contributed by atoms with Crippen LogP contribution >= 0.6 is 0 Å². The summed E-state index contributed by atoms with van der Waals surface area (Å²) in [6.07, 6.45) is 0. The van der Waals surface area contributed by atoms with E-state index < -0.39 is 0 Å². The third-order valence-corrected chi connectivity index (χ3v) is 2.95. The Balaban J connectivity index is 2.57. The van der Waals surface area contributed by atoms with Crippen molar-refractivity contribution in [3.05, 3.63) is 51.9 Å². The summed E-state index contributed by atoms with van der Waals surface area (Å²) in [7, 11) is 0. The normalized spacial score (nSPS) is 12.8. The lowest BCUT2D eigenvalue weighted by Crippen LogP contribution is -2.22. The van der Waals surface area contributed by atoms with Gasteiger partial charge in [0.2, 0.25) is 0 Å². The van der Waals surface area contributed by atoms with E-state index in [1.165, 1.54) is 0 Å². The molecule has 4 heteroatoms. The van der Waals surface area contributed by atoms with Gasteiger partial charge in [-0.25, -0.2) is 4.68 Å². The van der Waals surface area contributed by atoms with E-state index in [0.717, 1.165) is 17.1 Å². The number of aromatic nitrogens is 2. The molecule has 1 heterocycles. The van der Waals surface area contributed by atoms with Gasteiger partial charge in [0.1, 0.15) is 0 Å². The summed E-state index contributed by atoms with van der Waals surface area (Å²) in [6, 6.07) is 9.55. The number of aliphatic imine (C=N–C) groups is 1. The van der Waals surface area contributed by atoms with Gasteiger partial charge in [-0.15, -0.1) is 0 Å². The van der Waals surface area contributed by atoms with Crippen LogP contribution in [0.1, 0.15) is 39.0 Å². The summed E-state index contributed by atoms with van der Waals surface area (Å²) in [5.41, 5.74) is 2.84. The Morgan fingerprint density at radius 3 is 2.35 bits per heavy atom. The Morgan fingerprint density at radius 1 is 1.20 bits per heavy atom. The number of aromatic amines is 1. The van der Waals surface area contributed by atoms with E-state index in [1.54, 1.807) is 4.68 Å². The SMILES string of the molecule is CC(=NC(C)(C)C)c1c(C)[nH]n(-c2ccccc2)c1=O. The van der Waals surface area contributed by atoms with Gasteiger partial charge in [-0.3, -0.25) is 14.9 Å². The van der Waals surface area contributed by atoms with Crippen LogP contribution in [0.2, 0.25) is 0 Å². The first kappa shape index (κ1) is 14.3. The zero-order chi connectivity index (χ0) is 14.9. The average molecular weight is 271 g/mol. The summed E-state index contributed by atoms with van der Waals surface area (Å²) in [5.74, 6) is 0. The second-order valence-electron chi connectivity index (χ2n) is 5.96. The molecule has 0 saturated carbocycles. The Morgan fingerprint density at radius 2 is 1.80 bits per heavy atom. The summed E-state index contributed by atoms with van der Waals surface area (Å²) >= 11 is 0. The van der Waals surface area contributed by atoms with Crippen molar-refractivity contribution in [1.29, 1.82) is 0 Å². The van der Waals surface area contributed by atoms with Gasteiger partial charge in [0, 0.05) is 11.4 Å². The summed E-state index contributed by atoms with van der Waals surface area (Å²) in [4.78, 5) is 17.2. The van der Waals surface area contributed by atoms with Gasteiger partial charge >= 0.3 is 0 Å². The maximum atomic E-state index is 12.6. The van der Waals surface area contributed by atoms with Crippen molar-refractivity contribution in [3.63, 3.8) is 0 Å². The predicted octanol–water partition coefficient (Wildman–Crippen LogP) is 3.08. The molecular weight excluding hydrogens is 250 g/mol. The Hall–Kier alpha value is -2.10. The molecule has 0 saturated heterocycles. The molecule has 0 aliphatic heterocycles. The zero-order valence-corrected chi connectivity index (χ0v) is 12.7. The molecule has 0 atom stereocenters. The van der Waals surface area contributed by atoms with Gasteiger partial charge in [0.15, 0.2) is 0 Å². The average Bonchev–Trinajstić information content (AvgIpc) is 2.64. The maximum absolute atomic E-state index is 12.6. The molecule has 0 aliphatic carbocycles. The van der Waals surface area contributed by atoms with Gasteiger partial charge in [-0.05, 0) is 46.8 Å². The smallest absolute Gasteiger partial charge is 0.280 e. The van der Waals surface area contributed by atoms with Crippen LogP contribution < -0.4 is 5.56 Å². The van der Waals surface area contributed by atoms with E-state index in [9.17, 15) is 4.79 Å². The van der Waals surface area contributed by atoms with Crippen molar-refractivity contribution >= 4 is 5.71 Å². The van der Waals surface area contributed by atoms with Gasteiger partial charge in [0.25, 0.3) is 5.56 Å². The van der Waals surface area contributed by atoms with Crippen LogP contribution in [0.15, 0.2) is 40.1 Å². The fourth-order valence-electron chi connectivity index (χ4n) is 2.29. The number of hydrogen-bond acceptors (Lipinski definition) is 2. The quantitative estimate of drug-likeness (QED) is 0.838. The Labute approximate surface area is 119 Å². The second-order valence-corrected chi connectivity index (χ2v) is 5.96. The van der Waals surface area contributed by atoms with E-state index in [4.69, 9.17) is 0 Å². The van der Waals surface area contributed by atoms with Crippen molar-refractivity contribution in [2.45, 2.75) is 40.2 Å². The molecule has 2 aromatic rings. The number of nitrogens with zero attached hydrogens (tertiary/aromatic N) is 2. The highest BCUT2D eigenvalue weighted by Crippen LogP contribution is 2.12. The summed E-state index contributed by atoms with van der Waals surface area (Å²) in [6.45, 7) is 9.85. The van der Waals surface area contributed by atoms with Crippen LogP contribution in [-0.4, -0.2) is 21.0 Å². The first-order valence-electron chi connectivity index (χ1n) is 6.73. The number of hydrogen-bond donors (Lipinski definition) is 1. The molecule has 2 rings (SSSR count). The molecule has 0 bridgehead atoms. The molecule has 0 radical (unpaired) electrons. The predicted molar refractivity (Wildman–Crippen MR) is 83.1 cm³/mol. The first-order valence-corrected chi connectivity index (χ1v) is 6.73. The minimum atomic E-state index is -0.197. The number of aryl methyl sites for hydroxylation is 1. The van der Waals surface area contributed by atoms with Crippen LogP contribution in [0, 0.1) is 6.92 Å². The van der Waals surface area contributed by atoms with Crippen molar-refractivity contribution in [2.24, 2.45) is 4.99 Å².